The Labute approximate surface area is 116 Å². The van der Waals surface area contributed by atoms with E-state index in [4.69, 9.17) is 4.42 Å². The van der Waals surface area contributed by atoms with Crippen LogP contribution in [0.5, 0.6) is 0 Å². The van der Waals surface area contributed by atoms with Gasteiger partial charge in [-0.1, -0.05) is 18.2 Å². The van der Waals surface area contributed by atoms with Crippen molar-refractivity contribution in [2.24, 2.45) is 0 Å². The fraction of sp³-hybridized carbons (Fsp3) is 0.200. The van der Waals surface area contributed by atoms with Gasteiger partial charge < -0.3 is 15.1 Å². The van der Waals surface area contributed by atoms with Crippen molar-refractivity contribution in [2.45, 2.75) is 18.9 Å². The predicted octanol–water partition coefficient (Wildman–Crippen LogP) is 2.02. The van der Waals surface area contributed by atoms with Crippen LogP contribution in [0.25, 0.3) is 0 Å². The molecule has 0 unspecified atom stereocenters. The van der Waals surface area contributed by atoms with E-state index < -0.39 is 5.92 Å². The van der Waals surface area contributed by atoms with Crippen LogP contribution in [-0.2, 0) is 16.1 Å². The van der Waals surface area contributed by atoms with E-state index in [2.05, 4.69) is 10.6 Å². The second kappa shape index (κ2) is 5.21. The first-order valence-corrected chi connectivity index (χ1v) is 6.41. The highest BCUT2D eigenvalue weighted by atomic mass is 16.3. The monoisotopic (exact) mass is 270 g/mol. The van der Waals surface area contributed by atoms with Crippen LogP contribution in [0.15, 0.2) is 47.3 Å². The van der Waals surface area contributed by atoms with E-state index >= 15 is 0 Å². The Balaban J connectivity index is 1.76. The molecule has 1 aliphatic heterocycles. The maximum absolute atomic E-state index is 12.3. The molecule has 20 heavy (non-hydrogen) atoms. The van der Waals surface area contributed by atoms with E-state index in [9.17, 15) is 9.59 Å². The van der Waals surface area contributed by atoms with Gasteiger partial charge in [-0.3, -0.25) is 9.59 Å². The van der Waals surface area contributed by atoms with Crippen molar-refractivity contribution in [1.82, 2.24) is 5.32 Å². The molecular formula is C15H14N2O3. The molecule has 0 saturated carbocycles. The summed E-state index contributed by atoms with van der Waals surface area (Å²) >= 11 is 0. The third-order valence-corrected chi connectivity index (χ3v) is 3.36. The molecule has 5 heteroatoms. The number of para-hydroxylation sites is 1. The van der Waals surface area contributed by atoms with Crippen LogP contribution < -0.4 is 10.6 Å². The molecule has 1 aliphatic rings. The first-order valence-electron chi connectivity index (χ1n) is 6.41. The smallest absolute Gasteiger partial charge is 0.228 e. The van der Waals surface area contributed by atoms with Crippen LogP contribution >= 0.6 is 0 Å². The Hall–Kier alpha value is -2.56. The number of anilines is 1. The first kappa shape index (κ1) is 12.5. The first-order chi connectivity index (χ1) is 9.74. The lowest BCUT2D eigenvalue weighted by Crippen LogP contribution is -2.34. The lowest BCUT2D eigenvalue weighted by molar-refractivity contribution is -0.126. The molecule has 2 amide bonds. The number of hydrogen-bond donors (Lipinski definition) is 2. The molecular weight excluding hydrogens is 256 g/mol. The Bertz CT molecular complexity index is 634. The number of hydrogen-bond acceptors (Lipinski definition) is 3. The van der Waals surface area contributed by atoms with Crippen LogP contribution in [0, 0.1) is 0 Å². The topological polar surface area (TPSA) is 71.3 Å². The van der Waals surface area contributed by atoms with E-state index in [0.29, 0.717) is 12.2 Å². The summed E-state index contributed by atoms with van der Waals surface area (Å²) in [6.45, 7) is 0.398. The molecule has 2 N–H and O–H groups in total. The highest BCUT2D eigenvalue weighted by Gasteiger charge is 2.30. The van der Waals surface area contributed by atoms with Gasteiger partial charge in [0.2, 0.25) is 11.8 Å². The van der Waals surface area contributed by atoms with Gasteiger partial charge >= 0.3 is 0 Å². The summed E-state index contributed by atoms with van der Waals surface area (Å²) < 4.78 is 4.95. The van der Waals surface area contributed by atoms with Gasteiger partial charge in [0.25, 0.3) is 0 Å². The zero-order valence-corrected chi connectivity index (χ0v) is 10.8. The number of benzene rings is 1. The normalized spacial score (nSPS) is 17.2. The van der Waals surface area contributed by atoms with E-state index in [1.165, 1.54) is 0 Å². The number of amides is 2. The minimum Gasteiger partial charge on any atom is -0.472 e. The third kappa shape index (κ3) is 2.42. The molecule has 5 nitrogen and oxygen atoms in total. The summed E-state index contributed by atoms with van der Waals surface area (Å²) in [5.41, 5.74) is 2.47. The van der Waals surface area contributed by atoms with Gasteiger partial charge in [0.15, 0.2) is 0 Å². The summed E-state index contributed by atoms with van der Waals surface area (Å²) in [7, 11) is 0. The SMILES string of the molecule is O=C1C[C@H](C(=O)NCc2ccoc2)c2ccccc2N1. The fourth-order valence-electron chi connectivity index (χ4n) is 2.35. The molecule has 0 spiro atoms. The summed E-state index contributed by atoms with van der Waals surface area (Å²) in [5, 5.41) is 5.62. The second-order valence-corrected chi connectivity index (χ2v) is 4.74. The van der Waals surface area contributed by atoms with Crippen molar-refractivity contribution in [3.63, 3.8) is 0 Å². The Morgan fingerprint density at radius 3 is 3.00 bits per heavy atom. The van der Waals surface area contributed by atoms with Crippen molar-refractivity contribution < 1.29 is 14.0 Å². The molecule has 2 aromatic rings. The van der Waals surface area contributed by atoms with Crippen LogP contribution in [0.1, 0.15) is 23.5 Å². The molecule has 0 saturated heterocycles. The molecule has 0 aliphatic carbocycles. The van der Waals surface area contributed by atoms with E-state index in [1.54, 1.807) is 18.6 Å². The number of carbonyl (C=O) groups excluding carboxylic acids is 2. The van der Waals surface area contributed by atoms with Gasteiger partial charge in [-0.05, 0) is 17.7 Å². The number of rotatable bonds is 3. The molecule has 102 valence electrons. The lowest BCUT2D eigenvalue weighted by atomic mass is 9.90. The third-order valence-electron chi connectivity index (χ3n) is 3.36. The number of furan rings is 1. The van der Waals surface area contributed by atoms with Gasteiger partial charge in [0.05, 0.1) is 18.4 Å². The van der Waals surface area contributed by atoms with Crippen molar-refractivity contribution in [3.8, 4) is 0 Å². The van der Waals surface area contributed by atoms with E-state index in [0.717, 1.165) is 11.1 Å². The van der Waals surface area contributed by atoms with Crippen LogP contribution in [0.4, 0.5) is 5.69 Å². The maximum atomic E-state index is 12.3. The van der Waals surface area contributed by atoms with Gasteiger partial charge in [-0.15, -0.1) is 0 Å². The van der Waals surface area contributed by atoms with Gasteiger partial charge in [-0.25, -0.2) is 0 Å². The quantitative estimate of drug-likeness (QED) is 0.896. The average molecular weight is 270 g/mol. The number of fused-ring (bicyclic) bond motifs is 1. The van der Waals surface area contributed by atoms with Crippen LogP contribution in [0.3, 0.4) is 0 Å². The number of nitrogens with one attached hydrogen (secondary N) is 2. The number of carbonyl (C=O) groups is 2. The summed E-state index contributed by atoms with van der Waals surface area (Å²) in [6.07, 6.45) is 3.32. The average Bonchev–Trinajstić information content (AvgIpc) is 2.97. The molecule has 1 aromatic carbocycles. The van der Waals surface area contributed by atoms with Crippen LogP contribution in [0.2, 0.25) is 0 Å². The largest absolute Gasteiger partial charge is 0.472 e. The molecule has 1 atom stereocenters. The van der Waals surface area contributed by atoms with Gasteiger partial charge in [0.1, 0.15) is 0 Å². The minimum atomic E-state index is -0.438. The Kier molecular flexibility index (Phi) is 3.25. The van der Waals surface area contributed by atoms with Crippen LogP contribution in [-0.4, -0.2) is 11.8 Å². The minimum absolute atomic E-state index is 0.132. The lowest BCUT2D eigenvalue weighted by Gasteiger charge is -2.24. The standard InChI is InChI=1S/C15H14N2O3/c18-14-7-12(11-3-1-2-4-13(11)17-14)15(19)16-8-10-5-6-20-9-10/h1-6,9,12H,7-8H2,(H,16,19)(H,17,18)/t12-/m0/s1. The van der Waals surface area contributed by atoms with Crippen molar-refractivity contribution >= 4 is 17.5 Å². The summed E-state index contributed by atoms with van der Waals surface area (Å²) in [4.78, 5) is 23.9. The van der Waals surface area contributed by atoms with Gasteiger partial charge in [0, 0.05) is 24.2 Å². The van der Waals surface area contributed by atoms with Crippen molar-refractivity contribution in [2.75, 3.05) is 5.32 Å². The molecule has 3 rings (SSSR count). The fourth-order valence-corrected chi connectivity index (χ4v) is 2.35. The van der Waals surface area contributed by atoms with E-state index in [-0.39, 0.29) is 18.2 Å². The highest BCUT2D eigenvalue weighted by molar-refractivity contribution is 6.01. The van der Waals surface area contributed by atoms with Crippen molar-refractivity contribution in [3.05, 3.63) is 54.0 Å². The summed E-state index contributed by atoms with van der Waals surface area (Å²) in [6, 6.07) is 9.18. The maximum Gasteiger partial charge on any atom is 0.228 e. The molecule has 0 bridgehead atoms. The zero-order chi connectivity index (χ0) is 13.9. The second-order valence-electron chi connectivity index (χ2n) is 4.74. The Morgan fingerprint density at radius 2 is 2.20 bits per heavy atom. The van der Waals surface area contributed by atoms with Crippen molar-refractivity contribution in [1.29, 1.82) is 0 Å². The zero-order valence-electron chi connectivity index (χ0n) is 10.8. The predicted molar refractivity (Wildman–Crippen MR) is 73.0 cm³/mol. The molecule has 1 aromatic heterocycles. The summed E-state index contributed by atoms with van der Waals surface area (Å²) in [5.74, 6) is -0.715. The molecule has 0 radical (unpaired) electrons. The molecule has 0 fully saturated rings. The van der Waals surface area contributed by atoms with Gasteiger partial charge in [-0.2, -0.15) is 0 Å². The van der Waals surface area contributed by atoms with E-state index in [1.807, 2.05) is 24.3 Å². The highest BCUT2D eigenvalue weighted by Crippen LogP contribution is 2.31. The Morgan fingerprint density at radius 1 is 1.35 bits per heavy atom. The molecule has 2 heterocycles.